The van der Waals surface area contributed by atoms with Gasteiger partial charge < -0.3 is 9.84 Å². The summed E-state index contributed by atoms with van der Waals surface area (Å²) in [6, 6.07) is 0. The molecule has 0 spiro atoms. The second kappa shape index (κ2) is 6.26. The molecule has 1 aliphatic rings. The van der Waals surface area contributed by atoms with Gasteiger partial charge in [0.1, 0.15) is 0 Å². The maximum atomic E-state index is 10.2. The van der Waals surface area contributed by atoms with Crippen molar-refractivity contribution in [1.82, 2.24) is 0 Å². The van der Waals surface area contributed by atoms with Crippen molar-refractivity contribution in [3.63, 3.8) is 0 Å². The van der Waals surface area contributed by atoms with Gasteiger partial charge in [0.2, 0.25) is 0 Å². The van der Waals surface area contributed by atoms with Crippen molar-refractivity contribution < 1.29 is 14.6 Å². The Bertz CT molecular complexity index is 132. The zero-order chi connectivity index (χ0) is 8.10. The van der Waals surface area contributed by atoms with E-state index >= 15 is 0 Å². The predicted molar refractivity (Wildman–Crippen MR) is 47.7 cm³/mol. The molecular formula is C8H15ClO3. The van der Waals surface area contributed by atoms with Crippen molar-refractivity contribution in [2.45, 2.75) is 25.7 Å². The fraction of sp³-hybridized carbons (Fsp3) is 0.875. The Morgan fingerprint density at radius 2 is 2.33 bits per heavy atom. The summed E-state index contributed by atoms with van der Waals surface area (Å²) in [4.78, 5) is 10.2. The molecule has 0 unspecified atom stereocenters. The van der Waals surface area contributed by atoms with Crippen molar-refractivity contribution >= 4 is 18.4 Å². The summed E-state index contributed by atoms with van der Waals surface area (Å²) in [5.74, 6) is -0.213. The first-order valence-corrected chi connectivity index (χ1v) is 4.08. The molecule has 3 nitrogen and oxygen atoms in total. The highest BCUT2D eigenvalue weighted by molar-refractivity contribution is 5.85. The fourth-order valence-electron chi connectivity index (χ4n) is 1.36. The minimum absolute atomic E-state index is 0. The number of halogens is 1. The van der Waals surface area contributed by atoms with Crippen molar-refractivity contribution in [2.75, 3.05) is 13.2 Å². The smallest absolute Gasteiger partial charge is 0.303 e. The second-order valence-electron chi connectivity index (χ2n) is 3.02. The zero-order valence-corrected chi connectivity index (χ0v) is 7.81. The molecule has 72 valence electrons. The molecule has 0 bridgehead atoms. The van der Waals surface area contributed by atoms with E-state index in [2.05, 4.69) is 0 Å². The van der Waals surface area contributed by atoms with E-state index in [9.17, 15) is 4.79 Å². The first-order valence-electron chi connectivity index (χ1n) is 4.08. The lowest BCUT2D eigenvalue weighted by atomic mass is 9.97. The highest BCUT2D eigenvalue weighted by atomic mass is 35.5. The summed E-state index contributed by atoms with van der Waals surface area (Å²) < 4.78 is 5.22. The van der Waals surface area contributed by atoms with E-state index in [1.54, 1.807) is 0 Å². The molecule has 0 saturated carbocycles. The average molecular weight is 195 g/mol. The molecule has 1 fully saturated rings. The van der Waals surface area contributed by atoms with E-state index in [1.807, 2.05) is 0 Å². The predicted octanol–water partition coefficient (Wildman–Crippen LogP) is 1.70. The van der Waals surface area contributed by atoms with Gasteiger partial charge in [0.25, 0.3) is 0 Å². The molecule has 0 aromatic carbocycles. The van der Waals surface area contributed by atoms with Crippen LogP contribution in [0.1, 0.15) is 25.7 Å². The van der Waals surface area contributed by atoms with Crippen LogP contribution in [-0.2, 0) is 9.53 Å². The molecule has 0 aromatic heterocycles. The Morgan fingerprint density at radius 1 is 1.58 bits per heavy atom. The number of rotatable bonds is 3. The number of ether oxygens (including phenoxy) is 1. The molecule has 12 heavy (non-hydrogen) atoms. The fourth-order valence-corrected chi connectivity index (χ4v) is 1.36. The number of carbonyl (C=O) groups is 1. The van der Waals surface area contributed by atoms with Crippen LogP contribution in [0.25, 0.3) is 0 Å². The first kappa shape index (κ1) is 11.7. The number of carboxylic acid groups (broad SMARTS) is 1. The summed E-state index contributed by atoms with van der Waals surface area (Å²) in [6.45, 7) is 1.61. The Hall–Kier alpha value is -0.280. The van der Waals surface area contributed by atoms with Gasteiger partial charge in [-0.1, -0.05) is 0 Å². The van der Waals surface area contributed by atoms with Gasteiger partial charge in [-0.2, -0.15) is 0 Å². The summed E-state index contributed by atoms with van der Waals surface area (Å²) >= 11 is 0. The lowest BCUT2D eigenvalue weighted by Gasteiger charge is -2.20. The zero-order valence-electron chi connectivity index (χ0n) is 6.99. The van der Waals surface area contributed by atoms with Crippen molar-refractivity contribution in [3.05, 3.63) is 0 Å². The lowest BCUT2D eigenvalue weighted by molar-refractivity contribution is -0.137. The summed E-state index contributed by atoms with van der Waals surface area (Å²) in [5, 5.41) is 8.40. The number of carboxylic acids is 1. The van der Waals surface area contributed by atoms with E-state index in [-0.39, 0.29) is 18.8 Å². The normalized spacial score (nSPS) is 22.8. The molecule has 4 heteroatoms. The quantitative estimate of drug-likeness (QED) is 0.744. The van der Waals surface area contributed by atoms with E-state index in [0.29, 0.717) is 5.92 Å². The molecule has 0 aliphatic carbocycles. The standard InChI is InChI=1S/C8H14O3.ClH/c9-8(10)4-3-7-2-1-5-11-6-7;/h7H,1-6H2,(H,9,10);1H/t7-;/m0./s1. The lowest BCUT2D eigenvalue weighted by Crippen LogP contribution is -2.18. The Balaban J connectivity index is 0.00000121. The molecule has 1 rings (SSSR count). The molecule has 1 aliphatic heterocycles. The van der Waals surface area contributed by atoms with Crippen LogP contribution >= 0.6 is 12.4 Å². The number of hydrogen-bond acceptors (Lipinski definition) is 2. The third-order valence-corrected chi connectivity index (χ3v) is 2.02. The van der Waals surface area contributed by atoms with Crippen molar-refractivity contribution in [1.29, 1.82) is 0 Å². The summed E-state index contributed by atoms with van der Waals surface area (Å²) in [5.41, 5.74) is 0. The van der Waals surface area contributed by atoms with Gasteiger partial charge in [-0.05, 0) is 25.2 Å². The van der Waals surface area contributed by atoms with Crippen LogP contribution in [-0.4, -0.2) is 24.3 Å². The second-order valence-corrected chi connectivity index (χ2v) is 3.02. The van der Waals surface area contributed by atoms with E-state index in [1.165, 1.54) is 0 Å². The van der Waals surface area contributed by atoms with Crippen LogP contribution in [0.15, 0.2) is 0 Å². The first-order chi connectivity index (χ1) is 5.29. The van der Waals surface area contributed by atoms with Crippen LogP contribution in [0.2, 0.25) is 0 Å². The highest BCUT2D eigenvalue weighted by Crippen LogP contribution is 2.18. The molecular weight excluding hydrogens is 180 g/mol. The van der Waals surface area contributed by atoms with E-state index in [4.69, 9.17) is 9.84 Å². The highest BCUT2D eigenvalue weighted by Gasteiger charge is 2.14. The number of hydrogen-bond donors (Lipinski definition) is 1. The number of aliphatic carboxylic acids is 1. The Kier molecular flexibility index (Phi) is 6.11. The van der Waals surface area contributed by atoms with Crippen molar-refractivity contribution in [2.24, 2.45) is 5.92 Å². The average Bonchev–Trinajstić information content (AvgIpc) is 2.03. The van der Waals surface area contributed by atoms with Gasteiger partial charge >= 0.3 is 5.97 Å². The largest absolute Gasteiger partial charge is 0.481 e. The topological polar surface area (TPSA) is 46.5 Å². The third kappa shape index (κ3) is 4.57. The van der Waals surface area contributed by atoms with Gasteiger partial charge in [0.05, 0.1) is 0 Å². The summed E-state index contributed by atoms with van der Waals surface area (Å²) in [7, 11) is 0. The SMILES string of the molecule is Cl.O=C(O)CC[C@@H]1CCCOC1. The van der Waals surface area contributed by atoms with Gasteiger partial charge in [0, 0.05) is 19.6 Å². The molecule has 0 radical (unpaired) electrons. The maximum Gasteiger partial charge on any atom is 0.303 e. The van der Waals surface area contributed by atoms with Gasteiger partial charge in [-0.15, -0.1) is 12.4 Å². The van der Waals surface area contributed by atoms with Crippen LogP contribution in [0.3, 0.4) is 0 Å². The minimum Gasteiger partial charge on any atom is -0.481 e. The summed E-state index contributed by atoms with van der Waals surface area (Å²) in [6.07, 6.45) is 3.28. The Morgan fingerprint density at radius 3 is 2.83 bits per heavy atom. The molecule has 1 N–H and O–H groups in total. The molecule has 1 saturated heterocycles. The van der Waals surface area contributed by atoms with Crippen LogP contribution in [0, 0.1) is 5.92 Å². The Labute approximate surface area is 78.5 Å². The monoisotopic (exact) mass is 194 g/mol. The molecule has 0 aromatic rings. The third-order valence-electron chi connectivity index (χ3n) is 2.02. The van der Waals surface area contributed by atoms with Crippen LogP contribution < -0.4 is 0 Å². The minimum atomic E-state index is -0.699. The van der Waals surface area contributed by atoms with Crippen LogP contribution in [0.4, 0.5) is 0 Å². The van der Waals surface area contributed by atoms with E-state index < -0.39 is 5.97 Å². The van der Waals surface area contributed by atoms with Gasteiger partial charge in [0.15, 0.2) is 0 Å². The molecule has 1 atom stereocenters. The maximum absolute atomic E-state index is 10.2. The molecule has 1 heterocycles. The van der Waals surface area contributed by atoms with Crippen LogP contribution in [0.5, 0.6) is 0 Å². The van der Waals surface area contributed by atoms with Crippen molar-refractivity contribution in [3.8, 4) is 0 Å². The van der Waals surface area contributed by atoms with Gasteiger partial charge in [-0.25, -0.2) is 0 Å². The molecule has 0 amide bonds. The van der Waals surface area contributed by atoms with E-state index in [0.717, 1.165) is 32.5 Å². The van der Waals surface area contributed by atoms with Gasteiger partial charge in [-0.3, -0.25) is 4.79 Å².